The van der Waals surface area contributed by atoms with Crippen molar-refractivity contribution in [2.75, 3.05) is 37.6 Å². The summed E-state index contributed by atoms with van der Waals surface area (Å²) in [5, 5.41) is 13.1. The van der Waals surface area contributed by atoms with E-state index in [0.29, 0.717) is 12.4 Å². The maximum atomic E-state index is 12.2. The van der Waals surface area contributed by atoms with E-state index in [-0.39, 0.29) is 5.56 Å². The van der Waals surface area contributed by atoms with Gasteiger partial charge in [0.25, 0.3) is 5.56 Å². The molecular formula is C20H23N9O. The molecule has 1 aliphatic rings. The van der Waals surface area contributed by atoms with Gasteiger partial charge in [-0.25, -0.2) is 18.9 Å². The van der Waals surface area contributed by atoms with Crippen molar-refractivity contribution in [1.82, 2.24) is 39.1 Å². The molecule has 154 valence electrons. The minimum atomic E-state index is -0.100. The summed E-state index contributed by atoms with van der Waals surface area (Å²) in [5.41, 5.74) is 1.92. The van der Waals surface area contributed by atoms with Gasteiger partial charge >= 0.3 is 0 Å². The van der Waals surface area contributed by atoms with Gasteiger partial charge in [0.2, 0.25) is 0 Å². The van der Waals surface area contributed by atoms with E-state index in [1.54, 1.807) is 29.2 Å². The van der Waals surface area contributed by atoms with Crippen molar-refractivity contribution in [3.8, 4) is 5.82 Å². The summed E-state index contributed by atoms with van der Waals surface area (Å²) < 4.78 is 5.05. The molecule has 0 bridgehead atoms. The first-order chi connectivity index (χ1) is 14.7. The maximum Gasteiger partial charge on any atom is 0.266 e. The third kappa shape index (κ3) is 3.57. The lowest BCUT2D eigenvalue weighted by molar-refractivity contribution is 0.242. The molecule has 0 aromatic carbocycles. The van der Waals surface area contributed by atoms with Gasteiger partial charge < -0.3 is 4.90 Å². The summed E-state index contributed by atoms with van der Waals surface area (Å²) in [6.07, 6.45) is 7.18. The highest BCUT2D eigenvalue weighted by atomic mass is 16.1. The van der Waals surface area contributed by atoms with Crippen molar-refractivity contribution in [3.05, 3.63) is 65.1 Å². The Kier molecular flexibility index (Phi) is 4.75. The Morgan fingerprint density at radius 3 is 2.67 bits per heavy atom. The minimum absolute atomic E-state index is 0.100. The number of rotatable bonds is 5. The van der Waals surface area contributed by atoms with Crippen LogP contribution in [0.25, 0.3) is 11.3 Å². The summed E-state index contributed by atoms with van der Waals surface area (Å²) in [7, 11) is 0. The molecule has 0 aliphatic carbocycles. The molecule has 4 aromatic rings. The number of hydrogen-bond acceptors (Lipinski definition) is 7. The Bertz CT molecular complexity index is 1200. The summed E-state index contributed by atoms with van der Waals surface area (Å²) in [4.78, 5) is 21.5. The first-order valence-electron chi connectivity index (χ1n) is 10.0. The quantitative estimate of drug-likeness (QED) is 0.480. The van der Waals surface area contributed by atoms with Crippen LogP contribution < -0.4 is 10.5 Å². The van der Waals surface area contributed by atoms with Crippen LogP contribution in [0.5, 0.6) is 0 Å². The van der Waals surface area contributed by atoms with E-state index in [9.17, 15) is 4.79 Å². The Labute approximate surface area is 173 Å². The van der Waals surface area contributed by atoms with Crippen LogP contribution in [-0.4, -0.2) is 71.8 Å². The number of aromatic nitrogens is 7. The van der Waals surface area contributed by atoms with Crippen LogP contribution in [0.3, 0.4) is 0 Å². The number of fused-ring (bicyclic) bond motifs is 1. The molecule has 0 amide bonds. The Balaban J connectivity index is 1.23. The fraction of sp³-hybridized carbons (Fsp3) is 0.350. The molecule has 10 nitrogen and oxygen atoms in total. The monoisotopic (exact) mass is 405 g/mol. The average molecular weight is 405 g/mol. The third-order valence-electron chi connectivity index (χ3n) is 5.38. The third-order valence-corrected chi connectivity index (χ3v) is 5.38. The molecule has 0 atom stereocenters. The second-order valence-electron chi connectivity index (χ2n) is 7.40. The molecule has 0 saturated carbocycles. The van der Waals surface area contributed by atoms with E-state index in [2.05, 4.69) is 36.1 Å². The molecule has 1 aliphatic heterocycles. The van der Waals surface area contributed by atoms with Crippen molar-refractivity contribution in [1.29, 1.82) is 0 Å². The Hall–Kier alpha value is -3.53. The maximum absolute atomic E-state index is 12.2. The highest BCUT2D eigenvalue weighted by Gasteiger charge is 2.20. The lowest BCUT2D eigenvalue weighted by Crippen LogP contribution is -2.48. The summed E-state index contributed by atoms with van der Waals surface area (Å²) in [6.45, 7) is 6.88. The van der Waals surface area contributed by atoms with Gasteiger partial charge in [-0.3, -0.25) is 9.69 Å². The number of nitrogens with zero attached hydrogens (tertiary/aromatic N) is 9. The van der Waals surface area contributed by atoms with Gasteiger partial charge in [-0.2, -0.15) is 10.2 Å². The molecule has 1 fully saturated rings. The van der Waals surface area contributed by atoms with Crippen LogP contribution in [0.2, 0.25) is 0 Å². The Morgan fingerprint density at radius 2 is 1.87 bits per heavy atom. The van der Waals surface area contributed by atoms with Gasteiger partial charge in [0.15, 0.2) is 11.6 Å². The molecule has 0 spiro atoms. The topological polar surface area (TPSA) is 89.4 Å². The van der Waals surface area contributed by atoms with Gasteiger partial charge in [-0.05, 0) is 25.1 Å². The predicted molar refractivity (Wildman–Crippen MR) is 112 cm³/mol. The fourth-order valence-corrected chi connectivity index (χ4v) is 3.82. The highest BCUT2D eigenvalue weighted by molar-refractivity contribution is 5.69. The van der Waals surface area contributed by atoms with Crippen LogP contribution in [0.1, 0.15) is 5.69 Å². The molecule has 0 N–H and O–H groups in total. The van der Waals surface area contributed by atoms with Crippen molar-refractivity contribution >= 4 is 11.3 Å². The molecule has 10 heteroatoms. The summed E-state index contributed by atoms with van der Waals surface area (Å²) >= 11 is 0. The van der Waals surface area contributed by atoms with Crippen molar-refractivity contribution < 1.29 is 0 Å². The lowest BCUT2D eigenvalue weighted by Gasteiger charge is -2.35. The molecule has 1 saturated heterocycles. The van der Waals surface area contributed by atoms with Crippen LogP contribution in [0.15, 0.2) is 53.8 Å². The molecule has 5 heterocycles. The van der Waals surface area contributed by atoms with Gasteiger partial charge in [0, 0.05) is 63.6 Å². The van der Waals surface area contributed by atoms with Crippen molar-refractivity contribution in [3.63, 3.8) is 0 Å². The van der Waals surface area contributed by atoms with Crippen LogP contribution >= 0.6 is 0 Å². The minimum Gasteiger partial charge on any atom is -0.352 e. The standard InChI is InChI=1S/C20H23N9O/c1-16-15-17-20(21-6-8-27(17)23-16)26-12-9-25(10-13-26)11-14-29-19(30)4-3-18(24-29)28-7-2-5-22-28/h2-8,15H,9-14H2,1H3. The summed E-state index contributed by atoms with van der Waals surface area (Å²) in [5.74, 6) is 1.61. The number of aryl methyl sites for hydroxylation is 1. The lowest BCUT2D eigenvalue weighted by atomic mass is 10.3. The molecule has 5 rings (SSSR count). The zero-order chi connectivity index (χ0) is 20.5. The largest absolute Gasteiger partial charge is 0.352 e. The van der Waals surface area contributed by atoms with E-state index in [1.807, 2.05) is 29.9 Å². The van der Waals surface area contributed by atoms with Gasteiger partial charge in [-0.15, -0.1) is 5.10 Å². The predicted octanol–water partition coefficient (Wildman–Crippen LogP) is 0.602. The second-order valence-corrected chi connectivity index (χ2v) is 7.40. The van der Waals surface area contributed by atoms with E-state index < -0.39 is 0 Å². The van der Waals surface area contributed by atoms with E-state index in [4.69, 9.17) is 0 Å². The number of piperazine rings is 1. The van der Waals surface area contributed by atoms with Gasteiger partial charge in [0.1, 0.15) is 5.52 Å². The van der Waals surface area contributed by atoms with Crippen LogP contribution in [0, 0.1) is 6.92 Å². The SMILES string of the molecule is Cc1cc2c(N3CCN(CCn4nc(-n5cccn5)ccc4=O)CC3)nccn2n1. The average Bonchev–Trinajstić information content (AvgIpc) is 3.42. The zero-order valence-corrected chi connectivity index (χ0v) is 16.8. The van der Waals surface area contributed by atoms with Crippen molar-refractivity contribution in [2.45, 2.75) is 13.5 Å². The van der Waals surface area contributed by atoms with E-state index >= 15 is 0 Å². The van der Waals surface area contributed by atoms with E-state index in [0.717, 1.165) is 49.8 Å². The first kappa shape index (κ1) is 18.5. The second kappa shape index (κ2) is 7.71. The molecule has 30 heavy (non-hydrogen) atoms. The molecule has 4 aromatic heterocycles. The summed E-state index contributed by atoms with van der Waals surface area (Å²) in [6, 6.07) is 7.13. The molecular weight excluding hydrogens is 382 g/mol. The first-order valence-corrected chi connectivity index (χ1v) is 10.0. The number of hydrogen-bond donors (Lipinski definition) is 0. The highest BCUT2D eigenvalue weighted by Crippen LogP contribution is 2.20. The number of anilines is 1. The van der Waals surface area contributed by atoms with Crippen molar-refractivity contribution in [2.24, 2.45) is 0 Å². The molecule has 0 unspecified atom stereocenters. The normalized spacial score (nSPS) is 15.2. The van der Waals surface area contributed by atoms with Crippen LogP contribution in [0.4, 0.5) is 5.82 Å². The Morgan fingerprint density at radius 1 is 1.00 bits per heavy atom. The van der Waals surface area contributed by atoms with E-state index in [1.165, 1.54) is 4.68 Å². The molecule has 0 radical (unpaired) electrons. The van der Waals surface area contributed by atoms with Gasteiger partial charge in [-0.1, -0.05) is 0 Å². The van der Waals surface area contributed by atoms with Gasteiger partial charge in [0.05, 0.1) is 12.2 Å². The van der Waals surface area contributed by atoms with Crippen LogP contribution in [-0.2, 0) is 6.54 Å². The smallest absolute Gasteiger partial charge is 0.266 e. The zero-order valence-electron chi connectivity index (χ0n) is 16.8. The fourth-order valence-electron chi connectivity index (χ4n) is 3.82.